The summed E-state index contributed by atoms with van der Waals surface area (Å²) < 4.78 is 9.42. The second kappa shape index (κ2) is 6.32. The Morgan fingerprint density at radius 3 is 2.88 bits per heavy atom. The Bertz CT molecular complexity index is 256. The number of aliphatic hydroxyl groups excluding tert-OH is 1. The third kappa shape index (κ3) is 3.37. The highest BCUT2D eigenvalue weighted by Crippen LogP contribution is 2.18. The van der Waals surface area contributed by atoms with Gasteiger partial charge in [-0.05, 0) is 12.8 Å². The van der Waals surface area contributed by atoms with Crippen LogP contribution < -0.4 is 0 Å². The number of carbonyl (C=O) groups is 2. The molecule has 6 heteroatoms. The molecule has 0 saturated carbocycles. The first-order valence-corrected chi connectivity index (χ1v) is 5.29. The van der Waals surface area contributed by atoms with Crippen molar-refractivity contribution in [3.8, 4) is 0 Å². The molecule has 1 fully saturated rings. The number of piperidine rings is 1. The maximum atomic E-state index is 11.5. The molecule has 0 aromatic heterocycles. The summed E-state index contributed by atoms with van der Waals surface area (Å²) in [5.74, 6) is -0.555. The number of rotatable bonds is 3. The molecule has 1 rings (SSSR count). The van der Waals surface area contributed by atoms with Crippen molar-refractivity contribution in [3.63, 3.8) is 0 Å². The van der Waals surface area contributed by atoms with E-state index in [-0.39, 0.29) is 25.1 Å². The summed E-state index contributed by atoms with van der Waals surface area (Å²) in [6.45, 7) is 0.701. The monoisotopic (exact) mass is 231 g/mol. The predicted molar refractivity (Wildman–Crippen MR) is 54.7 cm³/mol. The van der Waals surface area contributed by atoms with E-state index in [1.165, 1.54) is 12.0 Å². The van der Waals surface area contributed by atoms with Gasteiger partial charge in [-0.3, -0.25) is 4.79 Å². The molecule has 92 valence electrons. The lowest BCUT2D eigenvalue weighted by Crippen LogP contribution is -2.43. The maximum absolute atomic E-state index is 11.5. The van der Waals surface area contributed by atoms with Gasteiger partial charge in [-0.2, -0.15) is 0 Å². The van der Waals surface area contributed by atoms with Gasteiger partial charge in [0.25, 0.3) is 0 Å². The van der Waals surface area contributed by atoms with Crippen LogP contribution in [0.1, 0.15) is 12.8 Å². The number of nitrogens with zero attached hydrogens (tertiary/aromatic N) is 1. The van der Waals surface area contributed by atoms with Crippen molar-refractivity contribution in [2.45, 2.75) is 12.8 Å². The van der Waals surface area contributed by atoms with Gasteiger partial charge in [-0.1, -0.05) is 0 Å². The highest BCUT2D eigenvalue weighted by Gasteiger charge is 2.29. The average molecular weight is 231 g/mol. The van der Waals surface area contributed by atoms with E-state index in [4.69, 9.17) is 9.84 Å². The van der Waals surface area contributed by atoms with Crippen LogP contribution in [-0.2, 0) is 14.3 Å². The van der Waals surface area contributed by atoms with Crippen LogP contribution in [0.25, 0.3) is 0 Å². The number of ether oxygens (including phenoxy) is 2. The molecule has 0 aliphatic carbocycles. The number of esters is 1. The largest absolute Gasteiger partial charge is 0.469 e. The SMILES string of the molecule is COC(=O)C1CCCN(C(=O)OCCO)C1. The summed E-state index contributed by atoms with van der Waals surface area (Å²) in [5.41, 5.74) is 0. The lowest BCUT2D eigenvalue weighted by Gasteiger charge is -2.30. The molecule has 0 bridgehead atoms. The molecular weight excluding hydrogens is 214 g/mol. The van der Waals surface area contributed by atoms with Crippen LogP contribution in [-0.4, -0.2) is 55.5 Å². The Hall–Kier alpha value is -1.30. The molecule has 1 atom stereocenters. The summed E-state index contributed by atoms with van der Waals surface area (Å²) in [6.07, 6.45) is 1.01. The first kappa shape index (κ1) is 12.8. The van der Waals surface area contributed by atoms with Gasteiger partial charge < -0.3 is 19.5 Å². The van der Waals surface area contributed by atoms with Crippen molar-refractivity contribution in [2.24, 2.45) is 5.92 Å². The lowest BCUT2D eigenvalue weighted by molar-refractivity contribution is -0.147. The highest BCUT2D eigenvalue weighted by molar-refractivity contribution is 5.74. The molecule has 1 saturated heterocycles. The lowest BCUT2D eigenvalue weighted by atomic mass is 9.99. The minimum atomic E-state index is -0.484. The van der Waals surface area contributed by atoms with Crippen molar-refractivity contribution in [1.29, 1.82) is 0 Å². The second-order valence-corrected chi connectivity index (χ2v) is 3.65. The van der Waals surface area contributed by atoms with Gasteiger partial charge in [0.2, 0.25) is 0 Å². The van der Waals surface area contributed by atoms with Gasteiger partial charge in [0.15, 0.2) is 0 Å². The molecular formula is C10H17NO5. The summed E-state index contributed by atoms with van der Waals surface area (Å²) >= 11 is 0. The number of methoxy groups -OCH3 is 1. The molecule has 1 N–H and O–H groups in total. The third-order valence-electron chi connectivity index (χ3n) is 2.53. The van der Waals surface area contributed by atoms with Crippen molar-refractivity contribution in [1.82, 2.24) is 4.90 Å². The van der Waals surface area contributed by atoms with Crippen molar-refractivity contribution < 1.29 is 24.2 Å². The summed E-state index contributed by atoms with van der Waals surface area (Å²) in [5, 5.41) is 8.52. The molecule has 0 radical (unpaired) electrons. The Kier molecular flexibility index (Phi) is 5.04. The normalized spacial score (nSPS) is 20.4. The predicted octanol–water partition coefficient (Wildman–Crippen LogP) is 0.000300. The number of likely N-dealkylation sites (tertiary alicyclic amines) is 1. The molecule has 1 heterocycles. The van der Waals surface area contributed by atoms with Crippen LogP contribution in [0.4, 0.5) is 4.79 Å². The van der Waals surface area contributed by atoms with Crippen LogP contribution >= 0.6 is 0 Å². The van der Waals surface area contributed by atoms with E-state index in [1.807, 2.05) is 0 Å². The molecule has 1 amide bonds. The molecule has 1 unspecified atom stereocenters. The first-order chi connectivity index (χ1) is 7.69. The van der Waals surface area contributed by atoms with Crippen molar-refractivity contribution in [2.75, 3.05) is 33.4 Å². The number of aliphatic hydroxyl groups is 1. The average Bonchev–Trinajstić information content (AvgIpc) is 2.35. The van der Waals surface area contributed by atoms with E-state index in [2.05, 4.69) is 4.74 Å². The smallest absolute Gasteiger partial charge is 0.409 e. The van der Waals surface area contributed by atoms with Crippen molar-refractivity contribution >= 4 is 12.1 Å². The fourth-order valence-corrected chi connectivity index (χ4v) is 1.73. The summed E-state index contributed by atoms with van der Waals surface area (Å²) in [4.78, 5) is 24.2. The molecule has 16 heavy (non-hydrogen) atoms. The van der Waals surface area contributed by atoms with Gasteiger partial charge in [0.1, 0.15) is 6.61 Å². The Morgan fingerprint density at radius 1 is 1.50 bits per heavy atom. The summed E-state index contributed by atoms with van der Waals surface area (Å²) in [7, 11) is 1.34. The van der Waals surface area contributed by atoms with E-state index >= 15 is 0 Å². The minimum absolute atomic E-state index is 0.0157. The zero-order valence-electron chi connectivity index (χ0n) is 9.35. The fourth-order valence-electron chi connectivity index (χ4n) is 1.73. The topological polar surface area (TPSA) is 76.1 Å². The standard InChI is InChI=1S/C10H17NO5/c1-15-9(13)8-3-2-4-11(7-8)10(14)16-6-5-12/h8,12H,2-7H2,1H3. The number of hydrogen-bond donors (Lipinski definition) is 1. The Balaban J connectivity index is 2.43. The summed E-state index contributed by atoms with van der Waals surface area (Å²) in [6, 6.07) is 0. The van der Waals surface area contributed by atoms with Crippen LogP contribution in [0, 0.1) is 5.92 Å². The van der Waals surface area contributed by atoms with Gasteiger partial charge in [0.05, 0.1) is 19.6 Å². The molecule has 0 spiro atoms. The van der Waals surface area contributed by atoms with Crippen LogP contribution in [0.2, 0.25) is 0 Å². The quantitative estimate of drug-likeness (QED) is 0.692. The molecule has 0 aromatic rings. The van der Waals surface area contributed by atoms with E-state index < -0.39 is 6.09 Å². The molecule has 1 aliphatic rings. The Labute approximate surface area is 94.1 Å². The Morgan fingerprint density at radius 2 is 2.25 bits per heavy atom. The molecule has 1 aliphatic heterocycles. The van der Waals surface area contributed by atoms with Gasteiger partial charge in [-0.15, -0.1) is 0 Å². The second-order valence-electron chi connectivity index (χ2n) is 3.65. The van der Waals surface area contributed by atoms with Crippen molar-refractivity contribution in [3.05, 3.63) is 0 Å². The van der Waals surface area contributed by atoms with Gasteiger partial charge in [-0.25, -0.2) is 4.79 Å². The van der Waals surface area contributed by atoms with E-state index in [1.54, 1.807) is 0 Å². The van der Waals surface area contributed by atoms with Gasteiger partial charge in [0, 0.05) is 13.1 Å². The maximum Gasteiger partial charge on any atom is 0.409 e. The fraction of sp³-hybridized carbons (Fsp3) is 0.800. The van der Waals surface area contributed by atoms with Crippen LogP contribution in [0.15, 0.2) is 0 Å². The number of hydrogen-bond acceptors (Lipinski definition) is 5. The van der Waals surface area contributed by atoms with E-state index in [9.17, 15) is 9.59 Å². The highest BCUT2D eigenvalue weighted by atomic mass is 16.6. The zero-order chi connectivity index (χ0) is 12.0. The molecule has 0 aromatic carbocycles. The first-order valence-electron chi connectivity index (χ1n) is 5.29. The van der Waals surface area contributed by atoms with Gasteiger partial charge >= 0.3 is 12.1 Å². The van der Waals surface area contributed by atoms with E-state index in [0.29, 0.717) is 13.1 Å². The minimum Gasteiger partial charge on any atom is -0.469 e. The van der Waals surface area contributed by atoms with E-state index in [0.717, 1.165) is 12.8 Å². The molecule has 6 nitrogen and oxygen atoms in total. The van der Waals surface area contributed by atoms with Crippen LogP contribution in [0.5, 0.6) is 0 Å². The number of carbonyl (C=O) groups excluding carboxylic acids is 2. The van der Waals surface area contributed by atoms with Crippen LogP contribution in [0.3, 0.4) is 0 Å². The zero-order valence-corrected chi connectivity index (χ0v) is 9.35. The number of amides is 1. The third-order valence-corrected chi connectivity index (χ3v) is 2.53.